The number of nitriles is 1. The average molecular weight is 501 g/mol. The molecule has 2 aromatic heterocycles. The summed E-state index contributed by atoms with van der Waals surface area (Å²) in [6, 6.07) is 14.8. The van der Waals surface area contributed by atoms with Crippen molar-refractivity contribution in [2.24, 2.45) is 0 Å². The van der Waals surface area contributed by atoms with Gasteiger partial charge in [-0.2, -0.15) is 5.26 Å². The van der Waals surface area contributed by atoms with Crippen LogP contribution in [0.3, 0.4) is 0 Å². The van der Waals surface area contributed by atoms with Gasteiger partial charge in [-0.3, -0.25) is 14.2 Å². The Morgan fingerprint density at radius 1 is 1.17 bits per heavy atom. The third-order valence-electron chi connectivity index (χ3n) is 6.18. The van der Waals surface area contributed by atoms with Crippen molar-refractivity contribution in [3.63, 3.8) is 0 Å². The van der Waals surface area contributed by atoms with Crippen LogP contribution in [-0.2, 0) is 17.6 Å². The molecule has 35 heavy (non-hydrogen) atoms. The number of aromatic nitrogens is 2. The summed E-state index contributed by atoms with van der Waals surface area (Å²) in [7, 11) is 0. The van der Waals surface area contributed by atoms with E-state index in [1.54, 1.807) is 40.2 Å². The molecule has 1 aliphatic rings. The molecule has 1 N–H and O–H groups in total. The van der Waals surface area contributed by atoms with Gasteiger partial charge in [0.25, 0.3) is 5.56 Å². The Hall–Kier alpha value is -3.41. The van der Waals surface area contributed by atoms with Crippen molar-refractivity contribution < 1.29 is 4.79 Å². The number of nitrogens with zero attached hydrogens (tertiary/aromatic N) is 3. The smallest absolute Gasteiger partial charge is 0.267 e. The van der Waals surface area contributed by atoms with Gasteiger partial charge in [-0.15, -0.1) is 11.3 Å². The first-order chi connectivity index (χ1) is 16.9. The molecule has 5 rings (SSSR count). The maximum atomic E-state index is 13.9. The fourth-order valence-electron chi connectivity index (χ4n) is 4.51. The molecule has 0 unspecified atom stereocenters. The minimum atomic E-state index is -0.202. The van der Waals surface area contributed by atoms with Crippen LogP contribution < -0.4 is 10.9 Å². The van der Waals surface area contributed by atoms with Crippen molar-refractivity contribution in [2.75, 3.05) is 11.1 Å². The summed E-state index contributed by atoms with van der Waals surface area (Å²) >= 11 is 2.87. The van der Waals surface area contributed by atoms with Gasteiger partial charge in [0.05, 0.1) is 28.5 Å². The molecule has 0 aliphatic heterocycles. The van der Waals surface area contributed by atoms with Gasteiger partial charge in [0.15, 0.2) is 5.16 Å². The molecule has 1 aliphatic carbocycles. The SMILES string of the molecule is Cc1ccc(-n2c(SCC(=O)Nc3ccc(C#N)cc3)nc3sc4c(c3c2=O)CCCC4)c(C)c1. The number of anilines is 1. The van der Waals surface area contributed by atoms with Crippen LogP contribution in [0.2, 0.25) is 0 Å². The number of hydrogen-bond donors (Lipinski definition) is 1. The number of nitrogens with one attached hydrogen (secondary N) is 1. The summed E-state index contributed by atoms with van der Waals surface area (Å²) in [6.45, 7) is 4.02. The van der Waals surface area contributed by atoms with Crippen LogP contribution in [-0.4, -0.2) is 21.2 Å². The first-order valence-corrected chi connectivity index (χ1v) is 13.3. The average Bonchev–Trinajstić information content (AvgIpc) is 3.23. The zero-order chi connectivity index (χ0) is 24.5. The van der Waals surface area contributed by atoms with E-state index in [2.05, 4.69) is 17.5 Å². The fraction of sp³-hybridized carbons (Fsp3) is 0.259. The Kier molecular flexibility index (Phi) is 6.46. The molecule has 1 amide bonds. The fourth-order valence-corrected chi connectivity index (χ4v) is 6.62. The second-order valence-electron chi connectivity index (χ2n) is 8.74. The lowest BCUT2D eigenvalue weighted by atomic mass is 9.97. The summed E-state index contributed by atoms with van der Waals surface area (Å²) in [4.78, 5) is 33.5. The Labute approximate surface area is 211 Å². The quantitative estimate of drug-likeness (QED) is 0.287. The lowest BCUT2D eigenvalue weighted by Crippen LogP contribution is -2.24. The van der Waals surface area contributed by atoms with E-state index >= 15 is 0 Å². The minimum absolute atomic E-state index is 0.0589. The molecule has 8 heteroatoms. The number of carbonyl (C=O) groups is 1. The summed E-state index contributed by atoms with van der Waals surface area (Å²) in [5.74, 6) is -0.0970. The van der Waals surface area contributed by atoms with Crippen LogP contribution in [0.5, 0.6) is 0 Å². The van der Waals surface area contributed by atoms with Crippen LogP contribution in [0.15, 0.2) is 52.4 Å². The second-order valence-corrected chi connectivity index (χ2v) is 10.8. The number of benzene rings is 2. The predicted octanol–water partition coefficient (Wildman–Crippen LogP) is 5.55. The molecule has 6 nitrogen and oxygen atoms in total. The van der Waals surface area contributed by atoms with Gasteiger partial charge in [-0.05, 0) is 81.0 Å². The van der Waals surface area contributed by atoms with E-state index in [4.69, 9.17) is 10.2 Å². The lowest BCUT2D eigenvalue weighted by molar-refractivity contribution is -0.113. The normalized spacial score (nSPS) is 12.8. The number of hydrogen-bond acceptors (Lipinski definition) is 6. The lowest BCUT2D eigenvalue weighted by Gasteiger charge is -2.15. The van der Waals surface area contributed by atoms with E-state index in [1.807, 2.05) is 26.0 Å². The van der Waals surface area contributed by atoms with Crippen LogP contribution in [0, 0.1) is 25.2 Å². The van der Waals surface area contributed by atoms with E-state index in [9.17, 15) is 9.59 Å². The van der Waals surface area contributed by atoms with E-state index in [0.29, 0.717) is 16.4 Å². The maximum absolute atomic E-state index is 13.9. The van der Waals surface area contributed by atoms with Gasteiger partial charge in [-0.25, -0.2) is 4.98 Å². The van der Waals surface area contributed by atoms with E-state index in [-0.39, 0.29) is 17.2 Å². The topological polar surface area (TPSA) is 87.8 Å². The Morgan fingerprint density at radius 2 is 1.94 bits per heavy atom. The highest BCUT2D eigenvalue weighted by Gasteiger charge is 2.23. The first kappa shape index (κ1) is 23.3. The standard InChI is InChI=1S/C27H24N4O2S2/c1-16-7-12-21(17(2)13-16)31-26(33)24-20-5-3-4-6-22(20)35-25(24)30-27(31)34-15-23(32)29-19-10-8-18(14-28)9-11-19/h7-13H,3-6,15H2,1-2H3,(H,29,32). The molecule has 0 saturated carbocycles. The van der Waals surface area contributed by atoms with Crippen molar-refractivity contribution in [3.8, 4) is 11.8 Å². The first-order valence-electron chi connectivity index (χ1n) is 11.5. The molecular weight excluding hydrogens is 476 g/mol. The van der Waals surface area contributed by atoms with Gasteiger partial charge in [0.1, 0.15) is 4.83 Å². The van der Waals surface area contributed by atoms with Gasteiger partial charge in [0.2, 0.25) is 5.91 Å². The van der Waals surface area contributed by atoms with Gasteiger partial charge < -0.3 is 5.32 Å². The number of thiophene rings is 1. The molecule has 0 atom stereocenters. The molecule has 0 bridgehead atoms. The number of aryl methyl sites for hydroxylation is 4. The summed E-state index contributed by atoms with van der Waals surface area (Å²) < 4.78 is 1.68. The van der Waals surface area contributed by atoms with Crippen LogP contribution in [0.1, 0.15) is 40.0 Å². The highest BCUT2D eigenvalue weighted by atomic mass is 32.2. The molecule has 4 aromatic rings. The Bertz CT molecular complexity index is 1540. The number of fused-ring (bicyclic) bond motifs is 3. The number of rotatable bonds is 5. The van der Waals surface area contributed by atoms with Gasteiger partial charge >= 0.3 is 0 Å². The molecule has 2 aromatic carbocycles. The molecular formula is C27H24N4O2S2. The Balaban J connectivity index is 1.52. The molecule has 0 radical (unpaired) electrons. The van der Waals surface area contributed by atoms with Crippen LogP contribution in [0.4, 0.5) is 5.69 Å². The Morgan fingerprint density at radius 3 is 2.69 bits per heavy atom. The van der Waals surface area contributed by atoms with E-state index in [1.165, 1.54) is 16.6 Å². The minimum Gasteiger partial charge on any atom is -0.325 e. The molecule has 0 fully saturated rings. The molecule has 176 valence electrons. The largest absolute Gasteiger partial charge is 0.325 e. The predicted molar refractivity (Wildman–Crippen MR) is 142 cm³/mol. The van der Waals surface area contributed by atoms with Gasteiger partial charge in [-0.1, -0.05) is 29.5 Å². The number of thioether (sulfide) groups is 1. The van der Waals surface area contributed by atoms with Crippen LogP contribution in [0.25, 0.3) is 15.9 Å². The third kappa shape index (κ3) is 4.62. The van der Waals surface area contributed by atoms with E-state index < -0.39 is 0 Å². The highest BCUT2D eigenvalue weighted by Crippen LogP contribution is 2.35. The molecule has 0 saturated heterocycles. The van der Waals surface area contributed by atoms with Gasteiger partial charge in [0, 0.05) is 10.6 Å². The van der Waals surface area contributed by atoms with Crippen LogP contribution >= 0.6 is 23.1 Å². The third-order valence-corrected chi connectivity index (χ3v) is 8.31. The maximum Gasteiger partial charge on any atom is 0.267 e. The second kappa shape index (κ2) is 9.68. The molecule has 2 heterocycles. The molecule has 0 spiro atoms. The van der Waals surface area contributed by atoms with E-state index in [0.717, 1.165) is 58.3 Å². The van der Waals surface area contributed by atoms with Crippen molar-refractivity contribution in [1.29, 1.82) is 5.26 Å². The zero-order valence-corrected chi connectivity index (χ0v) is 21.2. The summed E-state index contributed by atoms with van der Waals surface area (Å²) in [5.41, 5.74) is 5.15. The van der Waals surface area contributed by atoms with Crippen molar-refractivity contribution in [1.82, 2.24) is 9.55 Å². The number of amides is 1. The monoisotopic (exact) mass is 500 g/mol. The number of carbonyl (C=O) groups excluding carboxylic acids is 1. The van der Waals surface area contributed by atoms with Crippen molar-refractivity contribution in [2.45, 2.75) is 44.7 Å². The highest BCUT2D eigenvalue weighted by molar-refractivity contribution is 7.99. The van der Waals surface area contributed by atoms with Crippen molar-refractivity contribution in [3.05, 3.63) is 79.9 Å². The summed E-state index contributed by atoms with van der Waals surface area (Å²) in [6.07, 6.45) is 4.14. The zero-order valence-electron chi connectivity index (χ0n) is 19.6. The van der Waals surface area contributed by atoms with Crippen molar-refractivity contribution >= 4 is 44.9 Å². The summed E-state index contributed by atoms with van der Waals surface area (Å²) in [5, 5.41) is 13.1.